The molecule has 1 aliphatic heterocycles. The van der Waals surface area contributed by atoms with E-state index in [2.05, 4.69) is 48.5 Å². The van der Waals surface area contributed by atoms with E-state index < -0.39 is 0 Å². The number of hydrogen-bond donors (Lipinski definition) is 1. The second-order valence-electron chi connectivity index (χ2n) is 6.34. The Labute approximate surface area is 144 Å². The van der Waals surface area contributed by atoms with E-state index in [0.29, 0.717) is 11.8 Å². The zero-order valence-electron chi connectivity index (χ0n) is 14.8. The zero-order chi connectivity index (χ0) is 16.5. The summed E-state index contributed by atoms with van der Waals surface area (Å²) in [6.45, 7) is 12.1. The first kappa shape index (κ1) is 18.3. The number of thiophene rings is 1. The van der Waals surface area contributed by atoms with Gasteiger partial charge in [-0.3, -0.25) is 4.99 Å². The van der Waals surface area contributed by atoms with E-state index >= 15 is 0 Å². The molecule has 1 fully saturated rings. The predicted molar refractivity (Wildman–Crippen MR) is 99.3 cm³/mol. The Balaban J connectivity index is 1.84. The summed E-state index contributed by atoms with van der Waals surface area (Å²) in [7, 11) is 0. The van der Waals surface area contributed by atoms with Crippen LogP contribution in [-0.4, -0.2) is 50.3 Å². The van der Waals surface area contributed by atoms with Crippen LogP contribution >= 0.6 is 11.3 Å². The number of aliphatic imine (C=N–C) groups is 1. The molecule has 0 aliphatic carbocycles. The van der Waals surface area contributed by atoms with Gasteiger partial charge in [0.2, 0.25) is 0 Å². The maximum absolute atomic E-state index is 5.58. The van der Waals surface area contributed by atoms with Crippen LogP contribution < -0.4 is 5.32 Å². The van der Waals surface area contributed by atoms with Crippen molar-refractivity contribution < 1.29 is 4.74 Å². The zero-order valence-corrected chi connectivity index (χ0v) is 15.6. The Kier molecular flexibility index (Phi) is 7.89. The molecule has 1 N–H and O–H groups in total. The average molecular weight is 338 g/mol. The van der Waals surface area contributed by atoms with Crippen molar-refractivity contribution in [3.05, 3.63) is 22.4 Å². The van der Waals surface area contributed by atoms with Gasteiger partial charge in [-0.15, -0.1) is 11.3 Å². The van der Waals surface area contributed by atoms with Gasteiger partial charge in [0.05, 0.1) is 6.61 Å². The van der Waals surface area contributed by atoms with Crippen molar-refractivity contribution in [2.24, 2.45) is 16.8 Å². The number of hydrogen-bond acceptors (Lipinski definition) is 3. The van der Waals surface area contributed by atoms with E-state index in [1.165, 1.54) is 11.3 Å². The summed E-state index contributed by atoms with van der Waals surface area (Å²) in [6, 6.07) is 4.34. The first-order chi connectivity index (χ1) is 11.2. The molecular formula is C18H31N3OS. The van der Waals surface area contributed by atoms with Gasteiger partial charge in [-0.1, -0.05) is 13.0 Å². The molecule has 0 radical (unpaired) electrons. The fourth-order valence-electron chi connectivity index (χ4n) is 2.95. The highest BCUT2D eigenvalue weighted by atomic mass is 32.1. The second kappa shape index (κ2) is 9.93. The normalized spacial score (nSPS) is 20.0. The van der Waals surface area contributed by atoms with Gasteiger partial charge in [0.25, 0.3) is 0 Å². The summed E-state index contributed by atoms with van der Waals surface area (Å²) in [5, 5.41) is 5.60. The Bertz CT molecular complexity index is 461. The first-order valence-corrected chi connectivity index (χ1v) is 9.74. The second-order valence-corrected chi connectivity index (χ2v) is 7.38. The topological polar surface area (TPSA) is 36.9 Å². The molecule has 0 saturated carbocycles. The molecule has 0 amide bonds. The summed E-state index contributed by atoms with van der Waals surface area (Å²) in [6.07, 6.45) is 2.32. The number of nitrogens with zero attached hydrogens (tertiary/aromatic N) is 2. The molecule has 1 aromatic rings. The molecule has 2 rings (SSSR count). The van der Waals surface area contributed by atoms with Gasteiger partial charge in [0.1, 0.15) is 0 Å². The van der Waals surface area contributed by atoms with Crippen molar-refractivity contribution in [1.82, 2.24) is 10.2 Å². The van der Waals surface area contributed by atoms with Crippen molar-refractivity contribution in [2.75, 3.05) is 39.4 Å². The quantitative estimate of drug-likeness (QED) is 0.584. The average Bonchev–Trinajstić information content (AvgIpc) is 3.21. The van der Waals surface area contributed by atoms with E-state index in [4.69, 9.17) is 9.73 Å². The molecule has 2 atom stereocenters. The summed E-state index contributed by atoms with van der Waals surface area (Å²) in [4.78, 5) is 8.73. The van der Waals surface area contributed by atoms with Crippen molar-refractivity contribution in [3.63, 3.8) is 0 Å². The highest BCUT2D eigenvalue weighted by Gasteiger charge is 2.24. The lowest BCUT2D eigenvalue weighted by molar-refractivity contribution is 0.114. The van der Waals surface area contributed by atoms with E-state index in [0.717, 1.165) is 51.8 Å². The van der Waals surface area contributed by atoms with Crippen LogP contribution in [0.3, 0.4) is 0 Å². The predicted octanol–water partition coefficient (Wildman–Crippen LogP) is 3.25. The van der Waals surface area contributed by atoms with Gasteiger partial charge in [0, 0.05) is 43.6 Å². The molecule has 0 aromatic carbocycles. The molecule has 23 heavy (non-hydrogen) atoms. The van der Waals surface area contributed by atoms with Gasteiger partial charge in [-0.05, 0) is 44.1 Å². The van der Waals surface area contributed by atoms with Crippen LogP contribution in [0.4, 0.5) is 0 Å². The SMILES string of the molecule is CCNC(=NCC(C)Cc1cccs1)N1CCC(COCC)C1. The van der Waals surface area contributed by atoms with Crippen molar-refractivity contribution >= 4 is 17.3 Å². The Hall–Kier alpha value is -1.07. The van der Waals surface area contributed by atoms with Crippen LogP contribution in [0, 0.1) is 11.8 Å². The lowest BCUT2D eigenvalue weighted by atomic mass is 10.1. The molecule has 0 bridgehead atoms. The van der Waals surface area contributed by atoms with Crippen LogP contribution in [0.15, 0.2) is 22.5 Å². The number of nitrogens with one attached hydrogen (secondary N) is 1. The molecule has 2 heterocycles. The molecule has 1 aromatic heterocycles. The van der Waals surface area contributed by atoms with Gasteiger partial charge < -0.3 is 15.0 Å². The number of likely N-dealkylation sites (tertiary alicyclic amines) is 1. The molecule has 1 saturated heterocycles. The lowest BCUT2D eigenvalue weighted by Gasteiger charge is -2.22. The van der Waals surface area contributed by atoms with Gasteiger partial charge in [-0.25, -0.2) is 0 Å². The minimum absolute atomic E-state index is 0.573. The molecule has 0 spiro atoms. The summed E-state index contributed by atoms with van der Waals surface area (Å²) in [5.41, 5.74) is 0. The van der Waals surface area contributed by atoms with Crippen LogP contribution in [0.2, 0.25) is 0 Å². The molecule has 130 valence electrons. The third-order valence-corrected chi connectivity index (χ3v) is 5.06. The van der Waals surface area contributed by atoms with Crippen LogP contribution in [-0.2, 0) is 11.2 Å². The van der Waals surface area contributed by atoms with Crippen molar-refractivity contribution in [2.45, 2.75) is 33.6 Å². The van der Waals surface area contributed by atoms with Crippen LogP contribution in [0.25, 0.3) is 0 Å². The summed E-state index contributed by atoms with van der Waals surface area (Å²) >= 11 is 1.84. The minimum Gasteiger partial charge on any atom is -0.381 e. The van der Waals surface area contributed by atoms with E-state index in [-0.39, 0.29) is 0 Å². The fraction of sp³-hybridized carbons (Fsp3) is 0.722. The van der Waals surface area contributed by atoms with Gasteiger partial charge >= 0.3 is 0 Å². The highest BCUT2D eigenvalue weighted by Crippen LogP contribution is 2.18. The maximum atomic E-state index is 5.58. The largest absolute Gasteiger partial charge is 0.381 e. The number of rotatable bonds is 8. The Morgan fingerprint density at radius 3 is 3.09 bits per heavy atom. The van der Waals surface area contributed by atoms with E-state index in [1.54, 1.807) is 0 Å². The number of ether oxygens (including phenoxy) is 1. The molecule has 4 nitrogen and oxygen atoms in total. The maximum Gasteiger partial charge on any atom is 0.193 e. The Morgan fingerprint density at radius 2 is 2.39 bits per heavy atom. The number of guanidine groups is 1. The standard InChI is InChI=1S/C18H31N3OS/c1-4-19-18(21-9-8-16(13-21)14-22-5-2)20-12-15(3)11-17-7-6-10-23-17/h6-7,10,15-16H,4-5,8-9,11-14H2,1-3H3,(H,19,20). The van der Waals surface area contributed by atoms with Crippen LogP contribution in [0.1, 0.15) is 32.1 Å². The summed E-state index contributed by atoms with van der Waals surface area (Å²) in [5.74, 6) is 2.29. The Morgan fingerprint density at radius 1 is 1.52 bits per heavy atom. The molecule has 5 heteroatoms. The minimum atomic E-state index is 0.573. The van der Waals surface area contributed by atoms with Crippen molar-refractivity contribution in [3.8, 4) is 0 Å². The van der Waals surface area contributed by atoms with E-state index in [9.17, 15) is 0 Å². The first-order valence-electron chi connectivity index (χ1n) is 8.86. The molecular weight excluding hydrogens is 306 g/mol. The smallest absolute Gasteiger partial charge is 0.193 e. The van der Waals surface area contributed by atoms with E-state index in [1.807, 2.05) is 11.3 Å². The van der Waals surface area contributed by atoms with Gasteiger partial charge in [-0.2, -0.15) is 0 Å². The monoisotopic (exact) mass is 337 g/mol. The van der Waals surface area contributed by atoms with Crippen LogP contribution in [0.5, 0.6) is 0 Å². The highest BCUT2D eigenvalue weighted by molar-refractivity contribution is 7.09. The molecule has 2 unspecified atom stereocenters. The third-order valence-electron chi connectivity index (χ3n) is 4.16. The van der Waals surface area contributed by atoms with Gasteiger partial charge in [0.15, 0.2) is 5.96 Å². The fourth-order valence-corrected chi connectivity index (χ4v) is 3.82. The van der Waals surface area contributed by atoms with Crippen molar-refractivity contribution in [1.29, 1.82) is 0 Å². The lowest BCUT2D eigenvalue weighted by Crippen LogP contribution is -2.40. The molecule has 1 aliphatic rings. The third kappa shape index (κ3) is 6.15. The summed E-state index contributed by atoms with van der Waals surface area (Å²) < 4.78 is 5.58.